The van der Waals surface area contributed by atoms with Gasteiger partial charge >= 0.3 is 0 Å². The molecule has 0 aliphatic rings. The second-order valence-electron chi connectivity index (χ2n) is 5.96. The predicted molar refractivity (Wildman–Crippen MR) is 94.3 cm³/mol. The summed E-state index contributed by atoms with van der Waals surface area (Å²) < 4.78 is 13.1. The standard InChI is InChI=1S/C19H28N2O2/c1-7-15(12-22-5)21-11-17(20-19(21)8-2)16-9-14(4)18(23-6)10-13(16)3/h9-11,15H,7-8,12H2,1-6H3. The summed E-state index contributed by atoms with van der Waals surface area (Å²) in [7, 11) is 3.46. The van der Waals surface area contributed by atoms with Crippen LogP contribution in [0.1, 0.15) is 43.3 Å². The van der Waals surface area contributed by atoms with Gasteiger partial charge in [-0.15, -0.1) is 0 Å². The molecule has 0 saturated carbocycles. The van der Waals surface area contributed by atoms with Crippen molar-refractivity contribution in [2.24, 2.45) is 0 Å². The minimum atomic E-state index is 0.329. The van der Waals surface area contributed by atoms with Crippen LogP contribution in [0.5, 0.6) is 5.75 Å². The highest BCUT2D eigenvalue weighted by molar-refractivity contribution is 5.66. The smallest absolute Gasteiger partial charge is 0.122 e. The van der Waals surface area contributed by atoms with Crippen LogP contribution in [0.4, 0.5) is 0 Å². The Kier molecular flexibility index (Phi) is 5.83. The molecule has 0 bridgehead atoms. The molecule has 1 unspecified atom stereocenters. The minimum Gasteiger partial charge on any atom is -0.496 e. The van der Waals surface area contributed by atoms with Gasteiger partial charge in [0.05, 0.1) is 25.5 Å². The van der Waals surface area contributed by atoms with Crippen LogP contribution in [0.15, 0.2) is 18.3 Å². The fourth-order valence-electron chi connectivity index (χ4n) is 3.01. The van der Waals surface area contributed by atoms with Crippen molar-refractivity contribution in [3.05, 3.63) is 35.3 Å². The molecular formula is C19H28N2O2. The van der Waals surface area contributed by atoms with Crippen molar-refractivity contribution in [1.82, 2.24) is 9.55 Å². The first kappa shape index (κ1) is 17.5. The maximum absolute atomic E-state index is 5.41. The summed E-state index contributed by atoms with van der Waals surface area (Å²) in [6, 6.07) is 4.58. The van der Waals surface area contributed by atoms with Gasteiger partial charge < -0.3 is 14.0 Å². The Bertz CT molecular complexity index is 662. The molecule has 2 rings (SSSR count). The van der Waals surface area contributed by atoms with Crippen molar-refractivity contribution in [2.75, 3.05) is 20.8 Å². The van der Waals surface area contributed by atoms with Crippen molar-refractivity contribution in [3.8, 4) is 17.0 Å². The van der Waals surface area contributed by atoms with Gasteiger partial charge in [0, 0.05) is 25.3 Å². The Morgan fingerprint density at radius 3 is 2.43 bits per heavy atom. The van der Waals surface area contributed by atoms with E-state index < -0.39 is 0 Å². The van der Waals surface area contributed by atoms with Gasteiger partial charge in [0.15, 0.2) is 0 Å². The normalized spacial score (nSPS) is 12.4. The second-order valence-corrected chi connectivity index (χ2v) is 5.96. The summed E-state index contributed by atoms with van der Waals surface area (Å²) in [4.78, 5) is 4.87. The van der Waals surface area contributed by atoms with Gasteiger partial charge in [-0.2, -0.15) is 0 Å². The molecule has 1 atom stereocenters. The van der Waals surface area contributed by atoms with Crippen LogP contribution in [-0.2, 0) is 11.2 Å². The van der Waals surface area contributed by atoms with Gasteiger partial charge in [-0.25, -0.2) is 4.98 Å². The molecular weight excluding hydrogens is 288 g/mol. The maximum atomic E-state index is 5.41. The zero-order valence-electron chi connectivity index (χ0n) is 15.1. The van der Waals surface area contributed by atoms with E-state index in [0.29, 0.717) is 12.6 Å². The lowest BCUT2D eigenvalue weighted by atomic mass is 10.0. The summed E-state index contributed by atoms with van der Waals surface area (Å²) in [5.74, 6) is 2.03. The first-order valence-corrected chi connectivity index (χ1v) is 8.27. The molecule has 0 N–H and O–H groups in total. The van der Waals surface area contributed by atoms with Crippen LogP contribution in [0.2, 0.25) is 0 Å². The van der Waals surface area contributed by atoms with Crippen molar-refractivity contribution in [1.29, 1.82) is 0 Å². The highest BCUT2D eigenvalue weighted by Gasteiger charge is 2.17. The summed E-state index contributed by atoms with van der Waals surface area (Å²) in [5.41, 5.74) is 4.51. The van der Waals surface area contributed by atoms with Gasteiger partial charge in [-0.3, -0.25) is 0 Å². The maximum Gasteiger partial charge on any atom is 0.122 e. The molecule has 23 heavy (non-hydrogen) atoms. The van der Waals surface area contributed by atoms with Gasteiger partial charge in [-0.1, -0.05) is 13.8 Å². The van der Waals surface area contributed by atoms with Crippen LogP contribution < -0.4 is 4.74 Å². The molecule has 0 aliphatic carbocycles. The number of nitrogens with zero attached hydrogens (tertiary/aromatic N) is 2. The van der Waals surface area contributed by atoms with E-state index in [0.717, 1.165) is 35.7 Å². The molecule has 4 heteroatoms. The van der Waals surface area contributed by atoms with Crippen LogP contribution in [0.3, 0.4) is 0 Å². The molecule has 1 aromatic carbocycles. The minimum absolute atomic E-state index is 0.329. The van der Waals surface area contributed by atoms with E-state index in [1.54, 1.807) is 14.2 Å². The van der Waals surface area contributed by atoms with E-state index in [-0.39, 0.29) is 0 Å². The quantitative estimate of drug-likeness (QED) is 0.762. The Morgan fingerprint density at radius 1 is 1.13 bits per heavy atom. The molecule has 0 amide bonds. The van der Waals surface area contributed by atoms with E-state index in [1.807, 2.05) is 0 Å². The molecule has 2 aromatic rings. The third-order valence-corrected chi connectivity index (χ3v) is 4.37. The van der Waals surface area contributed by atoms with E-state index in [4.69, 9.17) is 14.5 Å². The summed E-state index contributed by atoms with van der Waals surface area (Å²) in [5, 5.41) is 0. The molecule has 126 valence electrons. The first-order valence-electron chi connectivity index (χ1n) is 8.27. The van der Waals surface area contributed by atoms with Gasteiger partial charge in [-0.05, 0) is 43.5 Å². The van der Waals surface area contributed by atoms with Gasteiger partial charge in [0.25, 0.3) is 0 Å². The SMILES string of the molecule is CCc1nc(-c2cc(C)c(OC)cc2C)cn1C(CC)COC. The number of methoxy groups -OCH3 is 2. The first-order chi connectivity index (χ1) is 11.0. The number of ether oxygens (including phenoxy) is 2. The topological polar surface area (TPSA) is 36.3 Å². The number of hydrogen-bond donors (Lipinski definition) is 0. The highest BCUT2D eigenvalue weighted by Crippen LogP contribution is 2.31. The molecule has 0 fully saturated rings. The monoisotopic (exact) mass is 316 g/mol. The Labute approximate surface area is 139 Å². The van der Waals surface area contributed by atoms with Crippen LogP contribution >= 0.6 is 0 Å². The second kappa shape index (κ2) is 7.64. The van der Waals surface area contributed by atoms with Crippen molar-refractivity contribution in [2.45, 2.75) is 46.6 Å². The lowest BCUT2D eigenvalue weighted by molar-refractivity contribution is 0.152. The van der Waals surface area contributed by atoms with Crippen molar-refractivity contribution >= 4 is 0 Å². The third kappa shape index (κ3) is 3.58. The number of hydrogen-bond acceptors (Lipinski definition) is 3. The van der Waals surface area contributed by atoms with Gasteiger partial charge in [0.2, 0.25) is 0 Å². The number of aromatic nitrogens is 2. The highest BCUT2D eigenvalue weighted by atomic mass is 16.5. The fraction of sp³-hybridized carbons (Fsp3) is 0.526. The van der Waals surface area contributed by atoms with E-state index in [2.05, 4.69) is 50.6 Å². The summed E-state index contributed by atoms with van der Waals surface area (Å²) >= 11 is 0. The Hall–Kier alpha value is -1.81. The molecule has 1 aromatic heterocycles. The third-order valence-electron chi connectivity index (χ3n) is 4.37. The molecule has 0 radical (unpaired) electrons. The van der Waals surface area contributed by atoms with Crippen LogP contribution in [-0.4, -0.2) is 30.4 Å². The van der Waals surface area contributed by atoms with E-state index >= 15 is 0 Å². The summed E-state index contributed by atoms with van der Waals surface area (Å²) in [6.07, 6.45) is 4.10. The lowest BCUT2D eigenvalue weighted by Gasteiger charge is -2.17. The number of aryl methyl sites for hydroxylation is 3. The number of benzene rings is 1. The number of imidazole rings is 1. The number of rotatable bonds is 7. The molecule has 0 saturated heterocycles. The summed E-state index contributed by atoms with van der Waals surface area (Å²) in [6.45, 7) is 9.22. The average molecular weight is 316 g/mol. The zero-order chi connectivity index (χ0) is 17.0. The zero-order valence-corrected chi connectivity index (χ0v) is 15.1. The molecule has 4 nitrogen and oxygen atoms in total. The van der Waals surface area contributed by atoms with E-state index in [1.165, 1.54) is 11.1 Å². The Balaban J connectivity index is 2.49. The van der Waals surface area contributed by atoms with Crippen molar-refractivity contribution in [3.63, 3.8) is 0 Å². The predicted octanol–water partition coefficient (Wildman–Crippen LogP) is 4.34. The van der Waals surface area contributed by atoms with Crippen molar-refractivity contribution < 1.29 is 9.47 Å². The average Bonchev–Trinajstić information content (AvgIpc) is 2.98. The van der Waals surface area contributed by atoms with Gasteiger partial charge in [0.1, 0.15) is 11.6 Å². The largest absolute Gasteiger partial charge is 0.496 e. The molecule has 1 heterocycles. The molecule has 0 spiro atoms. The fourth-order valence-corrected chi connectivity index (χ4v) is 3.01. The lowest BCUT2D eigenvalue weighted by Crippen LogP contribution is -2.15. The Morgan fingerprint density at radius 2 is 1.87 bits per heavy atom. The van der Waals surface area contributed by atoms with E-state index in [9.17, 15) is 0 Å². The van der Waals surface area contributed by atoms with Crippen LogP contribution in [0.25, 0.3) is 11.3 Å². The molecule has 0 aliphatic heterocycles. The van der Waals surface area contributed by atoms with Crippen LogP contribution in [0, 0.1) is 13.8 Å².